The predicted molar refractivity (Wildman–Crippen MR) is 145 cm³/mol. The fraction of sp³-hybridized carbons (Fsp3) is 0.333. The van der Waals surface area contributed by atoms with Crippen molar-refractivity contribution in [3.63, 3.8) is 0 Å². The SMILES string of the molecule is CCn1nc(C)cc1C(=O)Nc1nc2cc(C(N)=O)cc3c2n1[C@@](C)(CCNC(=O)OCc1cccnc1)CO3. The Morgan fingerprint density at radius 1 is 1.25 bits per heavy atom. The maximum absolute atomic E-state index is 13.3. The van der Waals surface area contributed by atoms with Crippen LogP contribution in [0.2, 0.25) is 0 Å². The summed E-state index contributed by atoms with van der Waals surface area (Å²) in [6, 6.07) is 8.42. The molecule has 1 atom stereocenters. The number of carbonyl (C=O) groups excluding carboxylic acids is 3. The van der Waals surface area contributed by atoms with E-state index in [1.54, 1.807) is 41.3 Å². The molecule has 3 aromatic heterocycles. The lowest BCUT2D eigenvalue weighted by atomic mass is 9.96. The average Bonchev–Trinajstić information content (AvgIpc) is 3.51. The first kappa shape index (κ1) is 26.7. The molecule has 1 aliphatic rings. The van der Waals surface area contributed by atoms with Crippen LogP contribution in [0.15, 0.2) is 42.7 Å². The molecule has 208 valence electrons. The Hall–Kier alpha value is -4.94. The number of nitrogens with two attached hydrogens (primary N) is 1. The number of aryl methyl sites for hydroxylation is 2. The highest BCUT2D eigenvalue weighted by Crippen LogP contribution is 2.41. The number of nitrogens with zero attached hydrogens (tertiary/aromatic N) is 5. The van der Waals surface area contributed by atoms with Crippen molar-refractivity contribution in [1.82, 2.24) is 29.6 Å². The molecule has 4 aromatic rings. The van der Waals surface area contributed by atoms with Gasteiger partial charge < -0.3 is 20.5 Å². The van der Waals surface area contributed by atoms with Gasteiger partial charge in [0.05, 0.1) is 16.7 Å². The summed E-state index contributed by atoms with van der Waals surface area (Å²) in [6.45, 7) is 6.73. The van der Waals surface area contributed by atoms with E-state index in [2.05, 4.69) is 25.7 Å². The van der Waals surface area contributed by atoms with E-state index in [-0.39, 0.29) is 37.2 Å². The molecular weight excluding hydrogens is 516 g/mol. The molecule has 4 heterocycles. The minimum absolute atomic E-state index is 0.0990. The molecule has 40 heavy (non-hydrogen) atoms. The molecule has 0 spiro atoms. The Balaban J connectivity index is 1.41. The molecule has 3 amide bonds. The fourth-order valence-electron chi connectivity index (χ4n) is 4.77. The van der Waals surface area contributed by atoms with Crippen LogP contribution in [0.4, 0.5) is 10.7 Å². The number of hydrogen-bond donors (Lipinski definition) is 3. The Morgan fingerprint density at radius 3 is 2.80 bits per heavy atom. The van der Waals surface area contributed by atoms with Crippen molar-refractivity contribution < 1.29 is 23.9 Å². The molecule has 0 unspecified atom stereocenters. The summed E-state index contributed by atoms with van der Waals surface area (Å²) in [5, 5.41) is 10.0. The molecule has 1 aromatic carbocycles. The molecule has 13 heteroatoms. The van der Waals surface area contributed by atoms with E-state index in [1.807, 2.05) is 31.4 Å². The van der Waals surface area contributed by atoms with Crippen molar-refractivity contribution in [2.75, 3.05) is 18.5 Å². The average molecular weight is 547 g/mol. The van der Waals surface area contributed by atoms with Crippen LogP contribution >= 0.6 is 0 Å². The number of primary amides is 1. The summed E-state index contributed by atoms with van der Waals surface area (Å²) < 4.78 is 14.8. The molecule has 4 N–H and O–H groups in total. The summed E-state index contributed by atoms with van der Waals surface area (Å²) >= 11 is 0. The van der Waals surface area contributed by atoms with Crippen LogP contribution < -0.4 is 21.1 Å². The van der Waals surface area contributed by atoms with Gasteiger partial charge in [-0.05, 0) is 51.5 Å². The highest BCUT2D eigenvalue weighted by atomic mass is 16.5. The van der Waals surface area contributed by atoms with E-state index < -0.39 is 17.5 Å². The van der Waals surface area contributed by atoms with Gasteiger partial charge >= 0.3 is 6.09 Å². The number of ether oxygens (including phenoxy) is 2. The third kappa shape index (κ3) is 5.17. The molecule has 0 fully saturated rings. The first-order valence-electron chi connectivity index (χ1n) is 12.8. The highest BCUT2D eigenvalue weighted by molar-refractivity contribution is 6.04. The monoisotopic (exact) mass is 546 g/mol. The normalized spacial score (nSPS) is 15.9. The number of amides is 3. The number of alkyl carbamates (subject to hydrolysis) is 1. The van der Waals surface area contributed by atoms with Gasteiger partial charge in [-0.25, -0.2) is 9.78 Å². The second kappa shape index (κ2) is 10.7. The third-order valence-corrected chi connectivity index (χ3v) is 6.76. The molecule has 0 bridgehead atoms. The number of anilines is 1. The second-order valence-electron chi connectivity index (χ2n) is 9.82. The number of aromatic nitrogens is 5. The van der Waals surface area contributed by atoms with E-state index in [4.69, 9.17) is 15.2 Å². The van der Waals surface area contributed by atoms with E-state index >= 15 is 0 Å². The lowest BCUT2D eigenvalue weighted by Gasteiger charge is -2.37. The lowest BCUT2D eigenvalue weighted by molar-refractivity contribution is 0.0995. The first-order chi connectivity index (χ1) is 19.2. The maximum atomic E-state index is 13.3. The van der Waals surface area contributed by atoms with Crippen molar-refractivity contribution in [2.45, 2.75) is 45.9 Å². The third-order valence-electron chi connectivity index (χ3n) is 6.76. The van der Waals surface area contributed by atoms with Gasteiger partial charge in [0, 0.05) is 36.6 Å². The second-order valence-corrected chi connectivity index (χ2v) is 9.82. The van der Waals surface area contributed by atoms with Gasteiger partial charge in [0.2, 0.25) is 11.9 Å². The van der Waals surface area contributed by atoms with Crippen molar-refractivity contribution in [3.05, 3.63) is 65.2 Å². The van der Waals surface area contributed by atoms with Gasteiger partial charge in [0.25, 0.3) is 5.91 Å². The summed E-state index contributed by atoms with van der Waals surface area (Å²) in [4.78, 5) is 46.2. The summed E-state index contributed by atoms with van der Waals surface area (Å²) in [7, 11) is 0. The molecule has 0 radical (unpaired) electrons. The minimum Gasteiger partial charge on any atom is -0.489 e. The van der Waals surface area contributed by atoms with Crippen molar-refractivity contribution in [1.29, 1.82) is 0 Å². The first-order valence-corrected chi connectivity index (χ1v) is 12.8. The topological polar surface area (TPSA) is 168 Å². The molecule has 1 aliphatic heterocycles. The minimum atomic E-state index is -0.726. The number of hydrogen-bond acceptors (Lipinski definition) is 8. The standard InChI is InChI=1S/C27H30N8O5/c1-4-34-20(10-16(2)33-34)24(37)32-25-31-19-11-18(23(28)36)12-21-22(19)35(25)27(3,15-40-21)7-9-30-26(38)39-14-17-6-5-8-29-13-17/h5-6,8,10-13H,4,7,9,14-15H2,1-3H3,(H2,28,36)(H,30,38)(H,31,32,37)/t27-/m0/s1. The van der Waals surface area contributed by atoms with E-state index in [1.165, 1.54) is 0 Å². The van der Waals surface area contributed by atoms with Gasteiger partial charge in [0.15, 0.2) is 0 Å². The smallest absolute Gasteiger partial charge is 0.407 e. The Labute approximate surface area is 229 Å². The maximum Gasteiger partial charge on any atom is 0.407 e. The molecular formula is C27H30N8O5. The number of benzene rings is 1. The van der Waals surface area contributed by atoms with Crippen LogP contribution in [0, 0.1) is 6.92 Å². The molecule has 13 nitrogen and oxygen atoms in total. The van der Waals surface area contributed by atoms with Crippen molar-refractivity contribution in [3.8, 4) is 5.75 Å². The summed E-state index contributed by atoms with van der Waals surface area (Å²) in [5.74, 6) is -0.299. The van der Waals surface area contributed by atoms with Crippen LogP contribution in [0.25, 0.3) is 11.0 Å². The van der Waals surface area contributed by atoms with Crippen LogP contribution in [0.3, 0.4) is 0 Å². The number of imidazole rings is 1. The largest absolute Gasteiger partial charge is 0.489 e. The van der Waals surface area contributed by atoms with E-state index in [0.29, 0.717) is 35.4 Å². The number of pyridine rings is 1. The Kier molecular flexibility index (Phi) is 7.11. The fourth-order valence-corrected chi connectivity index (χ4v) is 4.77. The van der Waals surface area contributed by atoms with E-state index in [9.17, 15) is 14.4 Å². The van der Waals surface area contributed by atoms with Gasteiger partial charge in [0.1, 0.15) is 30.2 Å². The van der Waals surface area contributed by atoms with Gasteiger partial charge in [-0.1, -0.05) is 6.07 Å². The number of nitrogens with one attached hydrogen (secondary N) is 2. The van der Waals surface area contributed by atoms with Crippen LogP contribution in [-0.4, -0.2) is 55.4 Å². The molecule has 0 aliphatic carbocycles. The van der Waals surface area contributed by atoms with Gasteiger partial charge in [-0.3, -0.25) is 29.1 Å². The van der Waals surface area contributed by atoms with Crippen molar-refractivity contribution >= 4 is 34.9 Å². The molecule has 0 saturated heterocycles. The summed E-state index contributed by atoms with van der Waals surface area (Å²) in [6.07, 6.45) is 3.13. The Bertz CT molecular complexity index is 1600. The van der Waals surface area contributed by atoms with Crippen molar-refractivity contribution in [2.24, 2.45) is 5.73 Å². The predicted octanol–water partition coefficient (Wildman–Crippen LogP) is 2.73. The zero-order valence-corrected chi connectivity index (χ0v) is 22.4. The van der Waals surface area contributed by atoms with Gasteiger partial charge in [-0.2, -0.15) is 5.10 Å². The lowest BCUT2D eigenvalue weighted by Crippen LogP contribution is -2.43. The number of rotatable bonds is 9. The number of carbonyl (C=O) groups is 3. The van der Waals surface area contributed by atoms with Crippen LogP contribution in [0.1, 0.15) is 52.4 Å². The highest BCUT2D eigenvalue weighted by Gasteiger charge is 2.38. The van der Waals surface area contributed by atoms with Crippen LogP contribution in [0.5, 0.6) is 5.75 Å². The molecule has 0 saturated carbocycles. The summed E-state index contributed by atoms with van der Waals surface area (Å²) in [5.41, 5.74) is 7.98. The Morgan fingerprint density at radius 2 is 2.08 bits per heavy atom. The van der Waals surface area contributed by atoms with Crippen LogP contribution in [-0.2, 0) is 23.4 Å². The molecule has 5 rings (SSSR count). The quantitative estimate of drug-likeness (QED) is 0.288. The zero-order chi connectivity index (χ0) is 28.4. The van der Waals surface area contributed by atoms with E-state index in [0.717, 1.165) is 11.3 Å². The van der Waals surface area contributed by atoms with Gasteiger partial charge in [-0.15, -0.1) is 0 Å². The zero-order valence-electron chi connectivity index (χ0n) is 22.4.